The number of rotatable bonds is 12. The summed E-state index contributed by atoms with van der Waals surface area (Å²) >= 11 is 10.6. The van der Waals surface area contributed by atoms with Gasteiger partial charge in [0.25, 0.3) is 0 Å². The van der Waals surface area contributed by atoms with Crippen LogP contribution in [0, 0.1) is 11.8 Å². The molecular weight excluding hydrogens is 390 g/mol. The van der Waals surface area contributed by atoms with Crippen LogP contribution in [0.3, 0.4) is 0 Å². The minimum absolute atomic E-state index is 0. The fraction of sp³-hybridized carbons (Fsp3) is 0.941. The van der Waals surface area contributed by atoms with E-state index >= 15 is 0 Å². The molecule has 0 saturated carbocycles. The quantitative estimate of drug-likeness (QED) is 0.230. The molecule has 0 amide bonds. The maximum absolute atomic E-state index is 5.32. The van der Waals surface area contributed by atoms with Crippen molar-refractivity contribution >= 4 is 29.2 Å². The third-order valence-corrected chi connectivity index (χ3v) is 4.82. The Morgan fingerprint density at radius 3 is 1.52 bits per heavy atom. The normalized spacial score (nSPS) is 13.3. The van der Waals surface area contributed by atoms with Crippen LogP contribution in [0.2, 0.25) is 0 Å². The van der Waals surface area contributed by atoms with E-state index in [0.29, 0.717) is 4.32 Å². The fourth-order valence-electron chi connectivity index (χ4n) is 2.68. The van der Waals surface area contributed by atoms with E-state index in [0.717, 1.165) is 24.9 Å². The predicted octanol–water partition coefficient (Wildman–Crippen LogP) is 5.55. The summed E-state index contributed by atoms with van der Waals surface area (Å²) in [4.78, 5) is 2.30. The minimum atomic E-state index is 0. The molecule has 0 aliphatic heterocycles. The topological polar surface area (TPSA) is 3.24 Å². The van der Waals surface area contributed by atoms with Crippen LogP contribution in [-0.4, -0.2) is 22.3 Å². The van der Waals surface area contributed by atoms with Crippen LogP contribution in [0.1, 0.15) is 79.1 Å². The molecule has 0 fully saturated rings. The van der Waals surface area contributed by atoms with Crippen LogP contribution in [0.15, 0.2) is 0 Å². The molecule has 2 unspecified atom stereocenters. The van der Waals surface area contributed by atoms with Crippen molar-refractivity contribution in [3.63, 3.8) is 0 Å². The molecule has 0 N–H and O–H groups in total. The third kappa shape index (κ3) is 12.0. The SMILES string of the molecule is CCCCC(CC)CN(CC(CC)CCCC)C(=S)[S-].[Ag+]. The Labute approximate surface area is 159 Å². The molecule has 0 aromatic heterocycles. The van der Waals surface area contributed by atoms with Crippen molar-refractivity contribution in [1.29, 1.82) is 0 Å². The van der Waals surface area contributed by atoms with Crippen molar-refractivity contribution in [2.24, 2.45) is 11.8 Å². The molecule has 0 bridgehead atoms. The molecule has 130 valence electrons. The van der Waals surface area contributed by atoms with Crippen LogP contribution < -0.4 is 0 Å². The fourth-order valence-corrected chi connectivity index (χ4v) is 2.98. The van der Waals surface area contributed by atoms with Gasteiger partial charge >= 0.3 is 22.4 Å². The van der Waals surface area contributed by atoms with Crippen molar-refractivity contribution in [2.75, 3.05) is 13.1 Å². The zero-order chi connectivity index (χ0) is 15.4. The number of hydrogen-bond donors (Lipinski definition) is 0. The summed E-state index contributed by atoms with van der Waals surface area (Å²) in [5, 5.41) is 0. The Morgan fingerprint density at radius 2 is 1.29 bits per heavy atom. The van der Waals surface area contributed by atoms with Crippen LogP contribution in [0.5, 0.6) is 0 Å². The average molecular weight is 424 g/mol. The summed E-state index contributed by atoms with van der Waals surface area (Å²) in [5.74, 6) is 1.50. The van der Waals surface area contributed by atoms with Gasteiger partial charge < -0.3 is 29.7 Å². The smallest absolute Gasteiger partial charge is 0.411 e. The van der Waals surface area contributed by atoms with Gasteiger partial charge in [-0.15, -0.1) is 0 Å². The van der Waals surface area contributed by atoms with E-state index in [-0.39, 0.29) is 22.4 Å². The van der Waals surface area contributed by atoms with Gasteiger partial charge in [0.1, 0.15) is 0 Å². The van der Waals surface area contributed by atoms with E-state index in [4.69, 9.17) is 24.8 Å². The first-order valence-electron chi connectivity index (χ1n) is 8.54. The molecule has 1 nitrogen and oxygen atoms in total. The first kappa shape index (κ1) is 24.1. The molecule has 4 heteroatoms. The first-order chi connectivity index (χ1) is 9.58. The van der Waals surface area contributed by atoms with E-state index in [2.05, 4.69) is 32.6 Å². The first-order valence-corrected chi connectivity index (χ1v) is 9.36. The number of unbranched alkanes of at least 4 members (excludes halogenated alkanes) is 2. The Hall–Kier alpha value is 0.850. The van der Waals surface area contributed by atoms with Crippen LogP contribution >= 0.6 is 12.2 Å². The average Bonchev–Trinajstić information content (AvgIpc) is 2.45. The maximum atomic E-state index is 5.32. The van der Waals surface area contributed by atoms with Gasteiger partial charge in [-0.1, -0.05) is 70.5 Å². The van der Waals surface area contributed by atoms with E-state index in [9.17, 15) is 0 Å². The number of thiocarbonyl (C=S) groups is 1. The summed E-state index contributed by atoms with van der Waals surface area (Å²) in [5.41, 5.74) is 0. The Bertz CT molecular complexity index is 231. The van der Waals surface area contributed by atoms with Crippen LogP contribution in [0.4, 0.5) is 0 Å². The van der Waals surface area contributed by atoms with Gasteiger partial charge in [0, 0.05) is 13.1 Å². The molecule has 0 aliphatic carbocycles. The van der Waals surface area contributed by atoms with Crippen LogP contribution in [-0.2, 0) is 35.0 Å². The number of nitrogens with zero attached hydrogens (tertiary/aromatic N) is 1. The monoisotopic (exact) mass is 423 g/mol. The molecule has 0 spiro atoms. The molecule has 21 heavy (non-hydrogen) atoms. The zero-order valence-electron chi connectivity index (χ0n) is 14.3. The Morgan fingerprint density at radius 1 is 0.905 bits per heavy atom. The van der Waals surface area contributed by atoms with E-state index in [1.165, 1.54) is 51.4 Å². The largest absolute Gasteiger partial charge is 1.00 e. The molecule has 0 rings (SSSR count). The summed E-state index contributed by atoms with van der Waals surface area (Å²) in [6, 6.07) is 0. The molecule has 2 atom stereocenters. The van der Waals surface area contributed by atoms with Gasteiger partial charge in [-0.2, -0.15) is 0 Å². The third-order valence-electron chi connectivity index (χ3n) is 4.30. The standard InChI is InChI=1S/C17H35NS2.Ag/c1-5-9-11-15(7-3)13-18(17(19)20)14-16(8-4)12-10-6-2;/h15-16H,5-14H2,1-4H3,(H,19,20);/q;+1/p-1. The molecule has 0 aromatic rings. The van der Waals surface area contributed by atoms with E-state index < -0.39 is 0 Å². The van der Waals surface area contributed by atoms with Crippen molar-refractivity contribution in [1.82, 2.24) is 4.90 Å². The maximum Gasteiger partial charge on any atom is 1.00 e. The predicted molar refractivity (Wildman–Crippen MR) is 98.1 cm³/mol. The minimum Gasteiger partial charge on any atom is -0.411 e. The summed E-state index contributed by atoms with van der Waals surface area (Å²) in [7, 11) is 0. The second kappa shape index (κ2) is 15.7. The molecular formula is C17H34AgNS2. The zero-order valence-corrected chi connectivity index (χ0v) is 17.4. The molecule has 0 aromatic carbocycles. The van der Waals surface area contributed by atoms with Crippen molar-refractivity contribution in [2.45, 2.75) is 79.1 Å². The summed E-state index contributed by atoms with van der Waals surface area (Å²) in [6.45, 7) is 11.3. The molecule has 0 heterocycles. The van der Waals surface area contributed by atoms with Crippen molar-refractivity contribution in [3.05, 3.63) is 0 Å². The van der Waals surface area contributed by atoms with Crippen LogP contribution in [0.25, 0.3) is 0 Å². The Kier molecular flexibility index (Phi) is 18.1. The number of hydrogen-bond acceptors (Lipinski definition) is 2. The summed E-state index contributed by atoms with van der Waals surface area (Å²) < 4.78 is 0.676. The summed E-state index contributed by atoms with van der Waals surface area (Å²) in [6.07, 6.45) is 10.3. The van der Waals surface area contributed by atoms with E-state index in [1.807, 2.05) is 0 Å². The van der Waals surface area contributed by atoms with Gasteiger partial charge in [0.15, 0.2) is 0 Å². The Balaban J connectivity index is 0. The second-order valence-electron chi connectivity index (χ2n) is 6.00. The van der Waals surface area contributed by atoms with Gasteiger partial charge in [-0.25, -0.2) is 0 Å². The molecule has 0 radical (unpaired) electrons. The van der Waals surface area contributed by atoms with E-state index in [1.54, 1.807) is 0 Å². The second-order valence-corrected chi connectivity index (χ2v) is 7.04. The van der Waals surface area contributed by atoms with Crippen molar-refractivity contribution in [3.8, 4) is 0 Å². The van der Waals surface area contributed by atoms with Crippen molar-refractivity contribution < 1.29 is 22.4 Å². The van der Waals surface area contributed by atoms with Gasteiger partial charge in [-0.05, 0) is 24.7 Å². The molecule has 0 aliphatic rings. The van der Waals surface area contributed by atoms with Gasteiger partial charge in [0.2, 0.25) is 0 Å². The van der Waals surface area contributed by atoms with Gasteiger partial charge in [0.05, 0.1) is 0 Å². The molecule has 0 saturated heterocycles. The van der Waals surface area contributed by atoms with Gasteiger partial charge in [-0.3, -0.25) is 0 Å².